The predicted octanol–water partition coefficient (Wildman–Crippen LogP) is 2.40. The van der Waals surface area contributed by atoms with Crippen molar-refractivity contribution >= 4 is 11.4 Å². The summed E-state index contributed by atoms with van der Waals surface area (Å²) >= 11 is 0. The van der Waals surface area contributed by atoms with E-state index in [1.54, 1.807) is 0 Å². The first-order chi connectivity index (χ1) is 10.5. The fourth-order valence-corrected chi connectivity index (χ4v) is 5.29. The molecule has 4 unspecified atom stereocenters. The molecule has 1 aromatic carbocycles. The SMILES string of the molecule is C[C@@]1(O)C2CC3CC1(c1ccccc1)CC(/C3=N/O)/C2=N\O. The Kier molecular flexibility index (Phi) is 2.70. The molecule has 116 valence electrons. The Hall–Kier alpha value is -1.88. The summed E-state index contributed by atoms with van der Waals surface area (Å²) in [6, 6.07) is 10.1. The molecule has 5 atom stereocenters. The Morgan fingerprint density at radius 1 is 1.05 bits per heavy atom. The molecule has 5 rings (SSSR count). The monoisotopic (exact) mass is 300 g/mol. The first kappa shape index (κ1) is 13.8. The van der Waals surface area contributed by atoms with E-state index in [4.69, 9.17) is 0 Å². The maximum absolute atomic E-state index is 11.4. The van der Waals surface area contributed by atoms with E-state index in [0.717, 1.165) is 12.0 Å². The van der Waals surface area contributed by atoms with Crippen molar-refractivity contribution < 1.29 is 15.5 Å². The van der Waals surface area contributed by atoms with Crippen molar-refractivity contribution in [2.24, 2.45) is 28.1 Å². The molecule has 3 N–H and O–H groups in total. The molecule has 22 heavy (non-hydrogen) atoms. The standard InChI is InChI=1S/C17H20N2O3/c1-16(20)13-7-10-8-17(16,11-5-3-2-4-6-11)9-12(14(10)18-21)15(13)19-22/h2-6,10,12-13,20-22H,7-9H2,1H3/b18-14+,19-15+/t10?,12?,13?,16-,17?/m1/s1. The molecule has 4 saturated carbocycles. The third kappa shape index (κ3) is 1.42. The highest BCUT2D eigenvalue weighted by molar-refractivity contribution is 6.13. The summed E-state index contributed by atoms with van der Waals surface area (Å²) in [6.45, 7) is 1.86. The summed E-state index contributed by atoms with van der Waals surface area (Å²) in [6.07, 6.45) is 2.07. The van der Waals surface area contributed by atoms with E-state index in [9.17, 15) is 15.5 Å². The Morgan fingerprint density at radius 3 is 2.36 bits per heavy atom. The van der Waals surface area contributed by atoms with Crippen molar-refractivity contribution in [2.45, 2.75) is 37.2 Å². The first-order valence-electron chi connectivity index (χ1n) is 7.76. The van der Waals surface area contributed by atoms with Crippen LogP contribution >= 0.6 is 0 Å². The molecule has 0 aromatic heterocycles. The van der Waals surface area contributed by atoms with E-state index in [2.05, 4.69) is 22.4 Å². The zero-order valence-corrected chi connectivity index (χ0v) is 12.5. The Bertz CT molecular complexity index is 668. The quantitative estimate of drug-likeness (QED) is 0.550. The van der Waals surface area contributed by atoms with Gasteiger partial charge in [0.2, 0.25) is 0 Å². The van der Waals surface area contributed by atoms with Gasteiger partial charge < -0.3 is 15.5 Å². The van der Waals surface area contributed by atoms with Gasteiger partial charge in [-0.1, -0.05) is 40.6 Å². The molecular weight excluding hydrogens is 280 g/mol. The van der Waals surface area contributed by atoms with Crippen LogP contribution in [0.5, 0.6) is 0 Å². The van der Waals surface area contributed by atoms with Gasteiger partial charge in [-0.15, -0.1) is 0 Å². The Labute approximate surface area is 129 Å². The number of hydrogen-bond donors (Lipinski definition) is 3. The van der Waals surface area contributed by atoms with Gasteiger partial charge in [-0.25, -0.2) is 0 Å². The van der Waals surface area contributed by atoms with Crippen LogP contribution in [0.25, 0.3) is 0 Å². The molecule has 5 nitrogen and oxygen atoms in total. The molecule has 4 aliphatic carbocycles. The lowest BCUT2D eigenvalue weighted by Gasteiger charge is -2.64. The minimum atomic E-state index is -0.968. The van der Waals surface area contributed by atoms with Crippen LogP contribution in [-0.2, 0) is 5.41 Å². The van der Waals surface area contributed by atoms with Crippen molar-refractivity contribution in [3.05, 3.63) is 35.9 Å². The number of hydrogen-bond acceptors (Lipinski definition) is 5. The summed E-state index contributed by atoms with van der Waals surface area (Å²) in [7, 11) is 0. The van der Waals surface area contributed by atoms with E-state index < -0.39 is 5.60 Å². The third-order valence-electron chi connectivity index (χ3n) is 6.36. The van der Waals surface area contributed by atoms with Gasteiger partial charge in [-0.05, 0) is 31.7 Å². The lowest BCUT2D eigenvalue weighted by Crippen LogP contribution is -2.71. The molecular formula is C17H20N2O3. The van der Waals surface area contributed by atoms with E-state index in [1.807, 2.05) is 25.1 Å². The minimum absolute atomic E-state index is 0.139. The van der Waals surface area contributed by atoms with Crippen LogP contribution in [0.15, 0.2) is 40.6 Å². The van der Waals surface area contributed by atoms with Crippen LogP contribution in [0, 0.1) is 17.8 Å². The molecule has 5 heteroatoms. The van der Waals surface area contributed by atoms with Gasteiger partial charge in [-0.2, -0.15) is 0 Å². The molecule has 0 aliphatic heterocycles. The van der Waals surface area contributed by atoms with Crippen LogP contribution < -0.4 is 0 Å². The summed E-state index contributed by atoms with van der Waals surface area (Å²) in [4.78, 5) is 0. The number of rotatable bonds is 1. The first-order valence-corrected chi connectivity index (χ1v) is 7.76. The predicted molar refractivity (Wildman–Crippen MR) is 81.5 cm³/mol. The van der Waals surface area contributed by atoms with Gasteiger partial charge in [0.05, 0.1) is 17.0 Å². The van der Waals surface area contributed by atoms with Crippen molar-refractivity contribution in [1.29, 1.82) is 0 Å². The van der Waals surface area contributed by atoms with E-state index in [0.29, 0.717) is 24.3 Å². The highest BCUT2D eigenvalue weighted by Gasteiger charge is 2.68. The largest absolute Gasteiger partial charge is 0.411 e. The topological polar surface area (TPSA) is 85.4 Å². The smallest absolute Gasteiger partial charge is 0.0798 e. The van der Waals surface area contributed by atoms with Gasteiger partial charge in [-0.3, -0.25) is 0 Å². The van der Waals surface area contributed by atoms with Gasteiger partial charge in [0, 0.05) is 23.2 Å². The van der Waals surface area contributed by atoms with Crippen LogP contribution in [-0.4, -0.2) is 32.5 Å². The molecule has 0 heterocycles. The average molecular weight is 300 g/mol. The summed E-state index contributed by atoms with van der Waals surface area (Å²) in [5.74, 6) is -0.228. The molecule has 4 bridgehead atoms. The van der Waals surface area contributed by atoms with Crippen molar-refractivity contribution in [2.75, 3.05) is 0 Å². The fourth-order valence-electron chi connectivity index (χ4n) is 5.29. The van der Waals surface area contributed by atoms with Crippen LogP contribution in [0.4, 0.5) is 0 Å². The zero-order chi connectivity index (χ0) is 15.5. The Balaban J connectivity index is 1.92. The molecule has 0 amide bonds. The van der Waals surface area contributed by atoms with Gasteiger partial charge in [0.25, 0.3) is 0 Å². The lowest BCUT2D eigenvalue weighted by atomic mass is 9.41. The summed E-state index contributed by atoms with van der Waals surface area (Å²) in [5.41, 5.74) is 1.05. The lowest BCUT2D eigenvalue weighted by molar-refractivity contribution is -0.112. The molecule has 0 saturated heterocycles. The highest BCUT2D eigenvalue weighted by atomic mass is 16.4. The van der Waals surface area contributed by atoms with Gasteiger partial charge in [0.1, 0.15) is 0 Å². The minimum Gasteiger partial charge on any atom is -0.411 e. The molecule has 1 aromatic rings. The summed E-state index contributed by atoms with van der Waals surface area (Å²) < 4.78 is 0. The molecule has 0 radical (unpaired) electrons. The average Bonchev–Trinajstić information content (AvgIpc) is 2.52. The van der Waals surface area contributed by atoms with Crippen molar-refractivity contribution in [1.82, 2.24) is 0 Å². The van der Waals surface area contributed by atoms with Crippen molar-refractivity contribution in [3.63, 3.8) is 0 Å². The van der Waals surface area contributed by atoms with Crippen LogP contribution in [0.2, 0.25) is 0 Å². The third-order valence-corrected chi connectivity index (χ3v) is 6.36. The number of benzene rings is 1. The zero-order valence-electron chi connectivity index (χ0n) is 12.5. The van der Waals surface area contributed by atoms with E-state index in [1.165, 1.54) is 0 Å². The second-order valence-corrected chi connectivity index (χ2v) is 7.09. The maximum Gasteiger partial charge on any atom is 0.0798 e. The number of nitrogens with zero attached hydrogens (tertiary/aromatic N) is 2. The fraction of sp³-hybridized carbons (Fsp3) is 0.529. The second kappa shape index (κ2) is 4.32. The maximum atomic E-state index is 11.4. The second-order valence-electron chi connectivity index (χ2n) is 7.09. The molecule has 0 spiro atoms. The summed E-state index contributed by atoms with van der Waals surface area (Å²) in [5, 5.41) is 37.2. The Morgan fingerprint density at radius 2 is 1.73 bits per heavy atom. The van der Waals surface area contributed by atoms with Crippen LogP contribution in [0.1, 0.15) is 31.7 Å². The number of aliphatic hydroxyl groups is 1. The highest BCUT2D eigenvalue weighted by Crippen LogP contribution is 2.63. The normalized spacial score (nSPS) is 46.5. The van der Waals surface area contributed by atoms with E-state index >= 15 is 0 Å². The van der Waals surface area contributed by atoms with Gasteiger partial charge in [0.15, 0.2) is 0 Å². The number of oxime groups is 2. The van der Waals surface area contributed by atoms with E-state index in [-0.39, 0.29) is 23.2 Å². The molecule has 4 fully saturated rings. The van der Waals surface area contributed by atoms with Gasteiger partial charge >= 0.3 is 0 Å². The van der Waals surface area contributed by atoms with Crippen LogP contribution in [0.3, 0.4) is 0 Å². The van der Waals surface area contributed by atoms with Crippen molar-refractivity contribution in [3.8, 4) is 0 Å². The molecule has 4 aliphatic rings.